The molecule has 2 aliphatic heterocycles. The first-order valence-electron chi connectivity index (χ1n) is 9.04. The van der Waals surface area contributed by atoms with Crippen molar-refractivity contribution in [1.82, 2.24) is 14.7 Å². The number of hydrogen-bond acceptors (Lipinski definition) is 3. The van der Waals surface area contributed by atoms with E-state index in [1.165, 1.54) is 0 Å². The van der Waals surface area contributed by atoms with Crippen molar-refractivity contribution >= 4 is 11.8 Å². The van der Waals surface area contributed by atoms with Crippen LogP contribution in [0.25, 0.3) is 0 Å². The van der Waals surface area contributed by atoms with E-state index in [2.05, 4.69) is 11.8 Å². The van der Waals surface area contributed by atoms with Gasteiger partial charge >= 0.3 is 0 Å². The standard InChI is InChI=1S/C18H31N3O2/c1-5-20-12-15-17(8-10-21(11-9-17)14(2)22)6-7-18(15,13-20)16(23)19(3)4/h15H,5-13H2,1-4H3/t15-,18+/m1/s1. The second-order valence-electron chi connectivity index (χ2n) is 8.10. The van der Waals surface area contributed by atoms with Gasteiger partial charge in [0.05, 0.1) is 5.41 Å². The molecule has 2 saturated heterocycles. The van der Waals surface area contributed by atoms with E-state index in [0.717, 1.165) is 58.4 Å². The maximum Gasteiger partial charge on any atom is 0.229 e. The first-order valence-corrected chi connectivity index (χ1v) is 9.04. The average Bonchev–Trinajstić information content (AvgIpc) is 3.04. The Morgan fingerprint density at radius 3 is 2.30 bits per heavy atom. The van der Waals surface area contributed by atoms with Crippen LogP contribution in [0, 0.1) is 16.7 Å². The summed E-state index contributed by atoms with van der Waals surface area (Å²) in [5.41, 5.74) is 0.0828. The Bertz CT molecular complexity index is 496. The SMILES string of the molecule is CCN1C[C@@H]2C3(CCN(C(C)=O)CC3)CC[C@]2(C(=O)N(C)C)C1. The average molecular weight is 321 g/mol. The van der Waals surface area contributed by atoms with Gasteiger partial charge < -0.3 is 14.7 Å². The van der Waals surface area contributed by atoms with Crippen LogP contribution in [0.4, 0.5) is 0 Å². The summed E-state index contributed by atoms with van der Waals surface area (Å²) in [5.74, 6) is 0.971. The molecule has 1 spiro atoms. The minimum Gasteiger partial charge on any atom is -0.348 e. The van der Waals surface area contributed by atoms with Crippen LogP contribution in [-0.4, -0.2) is 73.3 Å². The summed E-state index contributed by atoms with van der Waals surface area (Å²) in [5, 5.41) is 0. The predicted octanol–water partition coefficient (Wildman–Crippen LogP) is 1.44. The van der Waals surface area contributed by atoms with Gasteiger partial charge in [0.1, 0.15) is 0 Å². The summed E-state index contributed by atoms with van der Waals surface area (Å²) in [6.45, 7) is 8.59. The Hall–Kier alpha value is -1.10. The number of rotatable bonds is 2. The molecule has 2 heterocycles. The molecule has 130 valence electrons. The molecule has 0 bridgehead atoms. The van der Waals surface area contributed by atoms with Crippen LogP contribution >= 0.6 is 0 Å². The van der Waals surface area contributed by atoms with Gasteiger partial charge in [-0.25, -0.2) is 0 Å². The third-order valence-corrected chi connectivity index (χ3v) is 6.91. The Kier molecular flexibility index (Phi) is 4.20. The number of piperidine rings is 1. The number of amides is 2. The molecule has 0 radical (unpaired) electrons. The van der Waals surface area contributed by atoms with Crippen molar-refractivity contribution in [3.63, 3.8) is 0 Å². The molecule has 3 aliphatic rings. The first kappa shape index (κ1) is 16.7. The van der Waals surface area contributed by atoms with Crippen LogP contribution in [0.3, 0.4) is 0 Å². The Labute approximate surface area is 140 Å². The normalized spacial score (nSPS) is 33.0. The van der Waals surface area contributed by atoms with Gasteiger partial charge in [0.25, 0.3) is 0 Å². The van der Waals surface area contributed by atoms with Crippen molar-refractivity contribution in [2.75, 3.05) is 46.8 Å². The molecule has 0 aromatic carbocycles. The Balaban J connectivity index is 1.86. The lowest BCUT2D eigenvalue weighted by Crippen LogP contribution is -2.49. The van der Waals surface area contributed by atoms with Crippen LogP contribution in [0.5, 0.6) is 0 Å². The molecule has 5 heteroatoms. The number of nitrogens with zero attached hydrogens (tertiary/aromatic N) is 3. The summed E-state index contributed by atoms with van der Waals surface area (Å²) in [7, 11) is 3.79. The molecule has 5 nitrogen and oxygen atoms in total. The second kappa shape index (κ2) is 5.76. The Morgan fingerprint density at radius 1 is 1.13 bits per heavy atom. The van der Waals surface area contributed by atoms with Crippen molar-refractivity contribution in [1.29, 1.82) is 0 Å². The molecule has 23 heavy (non-hydrogen) atoms. The van der Waals surface area contributed by atoms with Crippen molar-refractivity contribution < 1.29 is 9.59 Å². The molecular formula is C18H31N3O2. The van der Waals surface area contributed by atoms with Gasteiger partial charge in [-0.05, 0) is 43.6 Å². The molecule has 1 aliphatic carbocycles. The summed E-state index contributed by atoms with van der Waals surface area (Å²) < 4.78 is 0. The largest absolute Gasteiger partial charge is 0.348 e. The fourth-order valence-electron chi connectivity index (χ4n) is 5.56. The van der Waals surface area contributed by atoms with Crippen molar-refractivity contribution in [3.8, 4) is 0 Å². The van der Waals surface area contributed by atoms with Crippen LogP contribution < -0.4 is 0 Å². The number of fused-ring (bicyclic) bond motifs is 2. The molecule has 0 aromatic rings. The highest BCUT2D eigenvalue weighted by Gasteiger charge is 2.64. The summed E-state index contributed by atoms with van der Waals surface area (Å²) in [6.07, 6.45) is 4.31. The van der Waals surface area contributed by atoms with Crippen molar-refractivity contribution in [2.24, 2.45) is 16.7 Å². The quantitative estimate of drug-likeness (QED) is 0.773. The van der Waals surface area contributed by atoms with Gasteiger partial charge in [-0.1, -0.05) is 6.92 Å². The number of hydrogen-bond donors (Lipinski definition) is 0. The molecule has 0 N–H and O–H groups in total. The molecule has 1 saturated carbocycles. The lowest BCUT2D eigenvalue weighted by Gasteiger charge is -2.44. The molecule has 0 aromatic heterocycles. The van der Waals surface area contributed by atoms with Crippen LogP contribution in [-0.2, 0) is 9.59 Å². The molecule has 3 fully saturated rings. The minimum absolute atomic E-state index is 0.183. The van der Waals surface area contributed by atoms with E-state index in [9.17, 15) is 9.59 Å². The fraction of sp³-hybridized carbons (Fsp3) is 0.889. The maximum atomic E-state index is 13.0. The van der Waals surface area contributed by atoms with E-state index in [1.54, 1.807) is 11.8 Å². The van der Waals surface area contributed by atoms with Gasteiger partial charge in [0, 0.05) is 47.2 Å². The van der Waals surface area contributed by atoms with E-state index in [1.807, 2.05) is 19.0 Å². The first-order chi connectivity index (χ1) is 10.8. The third kappa shape index (κ3) is 2.48. The van der Waals surface area contributed by atoms with Crippen molar-refractivity contribution in [2.45, 2.75) is 39.5 Å². The molecule has 3 rings (SSSR count). The van der Waals surface area contributed by atoms with E-state index in [4.69, 9.17) is 0 Å². The maximum absolute atomic E-state index is 13.0. The lowest BCUT2D eigenvalue weighted by atomic mass is 9.65. The molecule has 0 unspecified atom stereocenters. The monoisotopic (exact) mass is 321 g/mol. The minimum atomic E-state index is -0.183. The molecular weight excluding hydrogens is 290 g/mol. The smallest absolute Gasteiger partial charge is 0.229 e. The predicted molar refractivity (Wildman–Crippen MR) is 89.9 cm³/mol. The zero-order valence-corrected chi connectivity index (χ0v) is 15.1. The Morgan fingerprint density at radius 2 is 1.78 bits per heavy atom. The zero-order valence-electron chi connectivity index (χ0n) is 15.1. The number of carbonyl (C=O) groups excluding carboxylic acids is 2. The van der Waals surface area contributed by atoms with Crippen LogP contribution in [0.15, 0.2) is 0 Å². The third-order valence-electron chi connectivity index (χ3n) is 6.91. The number of likely N-dealkylation sites (tertiary alicyclic amines) is 2. The topological polar surface area (TPSA) is 43.9 Å². The van der Waals surface area contributed by atoms with E-state index >= 15 is 0 Å². The fourth-order valence-corrected chi connectivity index (χ4v) is 5.56. The van der Waals surface area contributed by atoms with E-state index < -0.39 is 0 Å². The van der Waals surface area contributed by atoms with Gasteiger partial charge in [-0.3, -0.25) is 9.59 Å². The number of carbonyl (C=O) groups is 2. The highest BCUT2D eigenvalue weighted by molar-refractivity contribution is 5.84. The molecule has 2 amide bonds. The highest BCUT2D eigenvalue weighted by Crippen LogP contribution is 2.62. The second-order valence-corrected chi connectivity index (χ2v) is 8.10. The van der Waals surface area contributed by atoms with Gasteiger partial charge in [-0.2, -0.15) is 0 Å². The molecule has 2 atom stereocenters. The van der Waals surface area contributed by atoms with Crippen LogP contribution in [0.2, 0.25) is 0 Å². The van der Waals surface area contributed by atoms with Gasteiger partial charge in [-0.15, -0.1) is 0 Å². The van der Waals surface area contributed by atoms with E-state index in [-0.39, 0.29) is 16.7 Å². The zero-order chi connectivity index (χ0) is 16.8. The van der Waals surface area contributed by atoms with Crippen LogP contribution in [0.1, 0.15) is 39.5 Å². The van der Waals surface area contributed by atoms with Crippen molar-refractivity contribution in [3.05, 3.63) is 0 Å². The van der Waals surface area contributed by atoms with E-state index in [0.29, 0.717) is 11.8 Å². The summed E-state index contributed by atoms with van der Waals surface area (Å²) in [4.78, 5) is 30.9. The summed E-state index contributed by atoms with van der Waals surface area (Å²) >= 11 is 0. The highest BCUT2D eigenvalue weighted by atomic mass is 16.2. The van der Waals surface area contributed by atoms with Gasteiger partial charge in [0.15, 0.2) is 0 Å². The van der Waals surface area contributed by atoms with Gasteiger partial charge in [0.2, 0.25) is 11.8 Å². The summed E-state index contributed by atoms with van der Waals surface area (Å²) in [6, 6.07) is 0. The lowest BCUT2D eigenvalue weighted by molar-refractivity contribution is -0.142.